The van der Waals surface area contributed by atoms with Crippen molar-refractivity contribution in [2.75, 3.05) is 16.8 Å². The molecule has 13 heteroatoms. The Morgan fingerprint density at radius 1 is 1.16 bits per heavy atom. The van der Waals surface area contributed by atoms with Crippen molar-refractivity contribution >= 4 is 51.3 Å². The molecule has 0 bridgehead atoms. The van der Waals surface area contributed by atoms with Gasteiger partial charge in [0, 0.05) is 23.3 Å². The number of hydrogen-bond donors (Lipinski definition) is 4. The average Bonchev–Trinajstić information content (AvgIpc) is 3.23. The minimum atomic E-state index is -2.63. The summed E-state index contributed by atoms with van der Waals surface area (Å²) in [5, 5.41) is 10.7. The van der Waals surface area contributed by atoms with Crippen LogP contribution in [0, 0.1) is 12.8 Å². The Kier molecular flexibility index (Phi) is 8.24. The van der Waals surface area contributed by atoms with Gasteiger partial charge in [0.2, 0.25) is 5.88 Å². The zero-order valence-corrected chi connectivity index (χ0v) is 23.6. The molecule has 38 heavy (non-hydrogen) atoms. The Hall–Kier alpha value is -2.83. The minimum absolute atomic E-state index is 0.0442. The third-order valence-electron chi connectivity index (χ3n) is 6.19. The number of carbonyl (C=O) groups excluding carboxylic acids is 2. The van der Waals surface area contributed by atoms with E-state index in [4.69, 9.17) is 27.9 Å². The average molecular weight is 583 g/mol. The molecule has 1 atom stereocenters. The van der Waals surface area contributed by atoms with Gasteiger partial charge in [-0.05, 0) is 49.6 Å². The fraction of sp³-hybridized carbons (Fsp3) is 0.360. The number of hydrogen-bond acceptors (Lipinski definition) is 7. The van der Waals surface area contributed by atoms with Gasteiger partial charge in [-0.3, -0.25) is 18.7 Å². The highest BCUT2D eigenvalue weighted by Crippen LogP contribution is 2.49. The number of benzene rings is 1. The van der Waals surface area contributed by atoms with E-state index in [1.54, 1.807) is 25.1 Å². The van der Waals surface area contributed by atoms with Crippen LogP contribution in [-0.4, -0.2) is 59.3 Å². The number of nitrogens with zero attached hydrogens (tertiary/aromatic N) is 3. The van der Waals surface area contributed by atoms with Crippen LogP contribution >= 0.6 is 33.8 Å². The van der Waals surface area contributed by atoms with Gasteiger partial charge in [-0.15, -0.1) is 5.10 Å². The van der Waals surface area contributed by atoms with E-state index in [0.29, 0.717) is 16.3 Å². The molecule has 1 unspecified atom stereocenters. The molecule has 0 radical (unpaired) electrons. The zero-order valence-electron chi connectivity index (χ0n) is 21.2. The maximum Gasteiger partial charge on any atom is 0.274 e. The lowest BCUT2D eigenvalue weighted by Crippen LogP contribution is -2.42. The number of pyridine rings is 1. The van der Waals surface area contributed by atoms with E-state index in [0.717, 1.165) is 0 Å². The molecule has 2 amide bonds. The van der Waals surface area contributed by atoms with Crippen LogP contribution in [0.2, 0.25) is 10.0 Å². The first-order valence-electron chi connectivity index (χ1n) is 11.9. The highest BCUT2D eigenvalue weighted by Gasteiger charge is 2.36. The molecule has 0 aliphatic carbocycles. The Morgan fingerprint density at radius 2 is 1.87 bits per heavy atom. The summed E-state index contributed by atoms with van der Waals surface area (Å²) in [5.74, 6) is -0.305. The van der Waals surface area contributed by atoms with E-state index in [2.05, 4.69) is 20.7 Å². The number of halogens is 2. The molecular formula is C25H29Cl2N5O5S. The minimum Gasteiger partial charge on any atom is -0.470 e. The molecule has 0 saturated carbocycles. The molecule has 1 fully saturated rings. The van der Waals surface area contributed by atoms with Gasteiger partial charge >= 0.3 is 0 Å². The second-order valence-corrected chi connectivity index (χ2v) is 12.7. The molecule has 10 nitrogen and oxygen atoms in total. The van der Waals surface area contributed by atoms with Gasteiger partial charge in [-0.2, -0.15) is 10.6 Å². The predicted molar refractivity (Wildman–Crippen MR) is 149 cm³/mol. The summed E-state index contributed by atoms with van der Waals surface area (Å²) in [6, 6.07) is 7.71. The molecule has 4 rings (SSSR count). The fourth-order valence-corrected chi connectivity index (χ4v) is 5.48. The highest BCUT2D eigenvalue weighted by molar-refractivity contribution is 8.25. The van der Waals surface area contributed by atoms with E-state index in [1.165, 1.54) is 23.0 Å². The second kappa shape index (κ2) is 11.1. The van der Waals surface area contributed by atoms with Crippen LogP contribution in [0.4, 0.5) is 5.69 Å². The first-order chi connectivity index (χ1) is 17.8. The van der Waals surface area contributed by atoms with Gasteiger partial charge < -0.3 is 15.4 Å². The Labute approximate surface area is 232 Å². The SMILES string of the molecule is Cc1cc(Cl)cc(C(=O)NC(C)C(C)C)c1NC(=O)c1cc(OC2CS(O)(O)C2)nn1-c1ncccc1Cl. The number of rotatable bonds is 8. The van der Waals surface area contributed by atoms with Gasteiger partial charge in [0.05, 0.1) is 27.8 Å². The Morgan fingerprint density at radius 3 is 2.50 bits per heavy atom. The standard InChI is InChI=1S/C25H29Cl2N5O5S/c1-13(2)15(4)29-24(33)18-9-16(26)8-14(3)22(18)30-25(34)20-10-21(37-17-11-38(35,36)12-17)31-32(20)23-19(27)6-5-7-28-23/h5-10,13,15,17,35-36H,11-12H2,1-4H3,(H,29,33)(H,30,34). The maximum atomic E-state index is 13.6. The molecule has 2 aromatic heterocycles. The monoisotopic (exact) mass is 581 g/mol. The van der Waals surface area contributed by atoms with Crippen molar-refractivity contribution in [3.05, 3.63) is 63.4 Å². The van der Waals surface area contributed by atoms with E-state index >= 15 is 0 Å². The Bertz CT molecular complexity index is 1370. The molecule has 4 N–H and O–H groups in total. The van der Waals surface area contributed by atoms with Gasteiger partial charge in [-0.1, -0.05) is 37.0 Å². The van der Waals surface area contributed by atoms with Crippen molar-refractivity contribution in [1.29, 1.82) is 0 Å². The van der Waals surface area contributed by atoms with Crippen LogP contribution in [0.3, 0.4) is 0 Å². The van der Waals surface area contributed by atoms with Crippen molar-refractivity contribution in [1.82, 2.24) is 20.1 Å². The number of nitrogens with one attached hydrogen (secondary N) is 2. The molecule has 3 aromatic rings. The number of anilines is 1. The molecule has 1 saturated heterocycles. The van der Waals surface area contributed by atoms with Crippen molar-refractivity contribution in [3.63, 3.8) is 0 Å². The summed E-state index contributed by atoms with van der Waals surface area (Å²) < 4.78 is 26.4. The Balaban J connectivity index is 1.69. The lowest BCUT2D eigenvalue weighted by Gasteiger charge is -2.45. The van der Waals surface area contributed by atoms with E-state index in [-0.39, 0.29) is 57.4 Å². The number of aromatic nitrogens is 3. The maximum absolute atomic E-state index is 13.6. The predicted octanol–water partition coefficient (Wildman–Crippen LogP) is 5.42. The van der Waals surface area contributed by atoms with Crippen LogP contribution in [0.5, 0.6) is 5.88 Å². The molecular weight excluding hydrogens is 553 g/mol. The van der Waals surface area contributed by atoms with Crippen LogP contribution in [0.1, 0.15) is 47.2 Å². The summed E-state index contributed by atoms with van der Waals surface area (Å²) in [7, 11) is -2.63. The normalized spacial score (nSPS) is 16.4. The summed E-state index contributed by atoms with van der Waals surface area (Å²) >= 11 is 12.6. The van der Waals surface area contributed by atoms with E-state index in [1.807, 2.05) is 20.8 Å². The number of ether oxygens (including phenoxy) is 1. The van der Waals surface area contributed by atoms with Crippen LogP contribution < -0.4 is 15.4 Å². The second-order valence-electron chi connectivity index (χ2n) is 9.57. The van der Waals surface area contributed by atoms with E-state index < -0.39 is 22.6 Å². The topological polar surface area (TPSA) is 139 Å². The van der Waals surface area contributed by atoms with Crippen LogP contribution in [-0.2, 0) is 0 Å². The molecule has 1 aliphatic heterocycles. The molecule has 3 heterocycles. The molecule has 0 spiro atoms. The molecule has 204 valence electrons. The summed E-state index contributed by atoms with van der Waals surface area (Å²) in [6.45, 7) is 7.62. The number of carbonyl (C=O) groups is 2. The zero-order chi connectivity index (χ0) is 27.8. The summed E-state index contributed by atoms with van der Waals surface area (Å²) in [5.41, 5.74) is 1.14. The molecule has 1 aromatic carbocycles. The number of aryl methyl sites for hydroxylation is 1. The fourth-order valence-electron chi connectivity index (χ4n) is 3.78. The van der Waals surface area contributed by atoms with Gasteiger partial charge in [0.15, 0.2) is 5.82 Å². The number of amides is 2. The van der Waals surface area contributed by atoms with Gasteiger partial charge in [0.25, 0.3) is 11.8 Å². The van der Waals surface area contributed by atoms with Crippen molar-refractivity contribution in [3.8, 4) is 11.7 Å². The largest absolute Gasteiger partial charge is 0.470 e. The van der Waals surface area contributed by atoms with Crippen molar-refractivity contribution in [2.45, 2.75) is 39.8 Å². The van der Waals surface area contributed by atoms with Crippen molar-refractivity contribution < 1.29 is 23.4 Å². The third-order valence-corrected chi connectivity index (χ3v) is 8.52. The summed E-state index contributed by atoms with van der Waals surface area (Å²) in [4.78, 5) is 31.0. The third kappa shape index (κ3) is 6.24. The lowest BCUT2D eigenvalue weighted by atomic mass is 10.0. The molecule has 1 aliphatic rings. The lowest BCUT2D eigenvalue weighted by molar-refractivity contribution is 0.0931. The first-order valence-corrected chi connectivity index (χ1v) is 14.5. The smallest absolute Gasteiger partial charge is 0.274 e. The highest BCUT2D eigenvalue weighted by atomic mass is 35.5. The quantitative estimate of drug-likeness (QED) is 0.278. The van der Waals surface area contributed by atoms with Crippen LogP contribution in [0.15, 0.2) is 36.5 Å². The summed E-state index contributed by atoms with van der Waals surface area (Å²) in [6.07, 6.45) is 1.06. The first kappa shape index (κ1) is 28.2. The van der Waals surface area contributed by atoms with Crippen LogP contribution in [0.25, 0.3) is 5.82 Å². The van der Waals surface area contributed by atoms with Gasteiger partial charge in [0.1, 0.15) is 11.8 Å². The van der Waals surface area contributed by atoms with Gasteiger partial charge in [-0.25, -0.2) is 9.67 Å². The van der Waals surface area contributed by atoms with Crippen molar-refractivity contribution in [2.24, 2.45) is 5.92 Å². The van der Waals surface area contributed by atoms with E-state index in [9.17, 15) is 18.7 Å².